The summed E-state index contributed by atoms with van der Waals surface area (Å²) in [7, 11) is 0. The minimum Gasteiger partial charge on any atom is -0.481 e. The zero-order valence-electron chi connectivity index (χ0n) is 11.9. The molecule has 0 aromatic rings. The van der Waals surface area contributed by atoms with Crippen molar-refractivity contribution < 1.29 is 14.7 Å². The highest BCUT2D eigenvalue weighted by Crippen LogP contribution is 2.04. The summed E-state index contributed by atoms with van der Waals surface area (Å²) in [5.74, 6) is -0.682. The Morgan fingerprint density at radius 3 is 2.33 bits per heavy atom. The number of nitrogens with zero attached hydrogens (tertiary/aromatic N) is 1. The van der Waals surface area contributed by atoms with Crippen LogP contribution in [0, 0.1) is 11.8 Å². The lowest BCUT2D eigenvalue weighted by atomic mass is 10.1. The lowest BCUT2D eigenvalue weighted by Crippen LogP contribution is -2.42. The number of carbonyl (C=O) groups excluding carboxylic acids is 1. The van der Waals surface area contributed by atoms with Gasteiger partial charge in [0.2, 0.25) is 0 Å². The Morgan fingerprint density at radius 1 is 1.28 bits per heavy atom. The van der Waals surface area contributed by atoms with Crippen LogP contribution in [0.3, 0.4) is 0 Å². The van der Waals surface area contributed by atoms with Gasteiger partial charge in [-0.2, -0.15) is 0 Å². The van der Waals surface area contributed by atoms with Crippen LogP contribution in [0.2, 0.25) is 0 Å². The second-order valence-corrected chi connectivity index (χ2v) is 5.05. The van der Waals surface area contributed by atoms with E-state index in [1.807, 2.05) is 6.92 Å². The zero-order chi connectivity index (χ0) is 14.1. The molecular weight excluding hydrogens is 232 g/mol. The van der Waals surface area contributed by atoms with Crippen molar-refractivity contribution >= 4 is 12.0 Å². The van der Waals surface area contributed by atoms with Crippen LogP contribution in [0.15, 0.2) is 0 Å². The molecule has 0 saturated carbocycles. The second-order valence-electron chi connectivity index (χ2n) is 5.05. The lowest BCUT2D eigenvalue weighted by Gasteiger charge is -2.23. The van der Waals surface area contributed by atoms with E-state index in [4.69, 9.17) is 5.11 Å². The Hall–Kier alpha value is -1.26. The summed E-state index contributed by atoms with van der Waals surface area (Å²) in [6.07, 6.45) is 1.28. The molecule has 1 unspecified atom stereocenters. The highest BCUT2D eigenvalue weighted by atomic mass is 16.4. The molecule has 0 saturated heterocycles. The van der Waals surface area contributed by atoms with Gasteiger partial charge in [-0.1, -0.05) is 20.8 Å². The fourth-order valence-corrected chi connectivity index (χ4v) is 1.64. The molecule has 0 fully saturated rings. The first kappa shape index (κ1) is 16.7. The molecule has 0 aliphatic heterocycles. The maximum Gasteiger partial charge on any atom is 0.317 e. The van der Waals surface area contributed by atoms with Gasteiger partial charge in [0.05, 0.1) is 5.92 Å². The Labute approximate surface area is 110 Å². The monoisotopic (exact) mass is 258 g/mol. The van der Waals surface area contributed by atoms with Gasteiger partial charge in [0.1, 0.15) is 0 Å². The van der Waals surface area contributed by atoms with Gasteiger partial charge in [0.15, 0.2) is 0 Å². The normalized spacial score (nSPS) is 12.3. The topological polar surface area (TPSA) is 69.6 Å². The Bertz CT molecular complexity index is 267. The number of carboxylic acid groups (broad SMARTS) is 1. The Kier molecular flexibility index (Phi) is 8.16. The van der Waals surface area contributed by atoms with Crippen molar-refractivity contribution in [3.63, 3.8) is 0 Å². The van der Waals surface area contributed by atoms with E-state index in [2.05, 4.69) is 19.2 Å². The zero-order valence-corrected chi connectivity index (χ0v) is 11.9. The van der Waals surface area contributed by atoms with Crippen molar-refractivity contribution in [1.82, 2.24) is 10.2 Å². The molecule has 0 radical (unpaired) electrons. The van der Waals surface area contributed by atoms with Crippen molar-refractivity contribution in [3.05, 3.63) is 0 Å². The number of hydrogen-bond acceptors (Lipinski definition) is 2. The highest BCUT2D eigenvalue weighted by Gasteiger charge is 2.13. The number of hydrogen-bond donors (Lipinski definition) is 2. The molecule has 0 aromatic heterocycles. The van der Waals surface area contributed by atoms with Gasteiger partial charge >= 0.3 is 12.0 Å². The molecule has 0 rings (SSSR count). The van der Waals surface area contributed by atoms with E-state index in [1.165, 1.54) is 0 Å². The van der Waals surface area contributed by atoms with E-state index in [0.29, 0.717) is 31.8 Å². The van der Waals surface area contributed by atoms with E-state index in [9.17, 15) is 9.59 Å². The molecule has 0 aromatic carbocycles. The van der Waals surface area contributed by atoms with Crippen molar-refractivity contribution in [2.45, 2.75) is 40.5 Å². The summed E-state index contributed by atoms with van der Waals surface area (Å²) in [6, 6.07) is -0.0609. The van der Waals surface area contributed by atoms with Gasteiger partial charge < -0.3 is 15.3 Å². The summed E-state index contributed by atoms with van der Waals surface area (Å²) < 4.78 is 0. The minimum atomic E-state index is -0.781. The maximum atomic E-state index is 11.8. The molecule has 0 heterocycles. The van der Waals surface area contributed by atoms with Crippen LogP contribution in [-0.4, -0.2) is 41.6 Å². The number of rotatable bonds is 8. The first-order valence-corrected chi connectivity index (χ1v) is 6.64. The fraction of sp³-hybridized carbons (Fsp3) is 0.846. The van der Waals surface area contributed by atoms with Gasteiger partial charge in [0.25, 0.3) is 0 Å². The van der Waals surface area contributed by atoms with Crippen LogP contribution in [0.25, 0.3) is 0 Å². The largest absolute Gasteiger partial charge is 0.481 e. The summed E-state index contributed by atoms with van der Waals surface area (Å²) in [4.78, 5) is 24.2. The molecule has 0 aliphatic rings. The average molecular weight is 258 g/mol. The summed E-state index contributed by atoms with van der Waals surface area (Å²) in [5, 5.41) is 11.5. The average Bonchev–Trinajstić information content (AvgIpc) is 2.30. The highest BCUT2D eigenvalue weighted by molar-refractivity contribution is 5.74. The van der Waals surface area contributed by atoms with Crippen LogP contribution in [-0.2, 0) is 4.79 Å². The smallest absolute Gasteiger partial charge is 0.317 e. The van der Waals surface area contributed by atoms with Crippen LogP contribution in [0.5, 0.6) is 0 Å². The summed E-state index contributed by atoms with van der Waals surface area (Å²) in [6.45, 7) is 9.75. The molecule has 5 nitrogen and oxygen atoms in total. The number of carboxylic acids is 1. The molecule has 0 spiro atoms. The number of amides is 2. The molecule has 2 amide bonds. The molecule has 2 N–H and O–H groups in total. The van der Waals surface area contributed by atoms with Gasteiger partial charge in [-0.3, -0.25) is 4.79 Å². The fourth-order valence-electron chi connectivity index (χ4n) is 1.64. The predicted molar refractivity (Wildman–Crippen MR) is 71.5 cm³/mol. The molecule has 18 heavy (non-hydrogen) atoms. The third kappa shape index (κ3) is 7.14. The van der Waals surface area contributed by atoms with Crippen LogP contribution in [0.1, 0.15) is 40.5 Å². The van der Waals surface area contributed by atoms with Gasteiger partial charge in [-0.15, -0.1) is 0 Å². The van der Waals surface area contributed by atoms with Crippen LogP contribution in [0.4, 0.5) is 4.79 Å². The van der Waals surface area contributed by atoms with Gasteiger partial charge in [0, 0.05) is 19.6 Å². The van der Waals surface area contributed by atoms with E-state index < -0.39 is 5.97 Å². The molecule has 1 atom stereocenters. The SMILES string of the molecule is CCN(CC(C)C)C(=O)NCCCC(C)C(=O)O. The molecule has 0 bridgehead atoms. The van der Waals surface area contributed by atoms with E-state index in [1.54, 1.807) is 11.8 Å². The Morgan fingerprint density at radius 2 is 1.89 bits per heavy atom. The molecule has 0 aliphatic carbocycles. The quantitative estimate of drug-likeness (QED) is 0.656. The van der Waals surface area contributed by atoms with E-state index >= 15 is 0 Å². The van der Waals surface area contributed by atoms with Crippen LogP contribution < -0.4 is 5.32 Å². The maximum absolute atomic E-state index is 11.8. The minimum absolute atomic E-state index is 0.0609. The first-order chi connectivity index (χ1) is 8.38. The standard InChI is InChI=1S/C13H26N2O3/c1-5-15(9-10(2)3)13(18)14-8-6-7-11(4)12(16)17/h10-11H,5-9H2,1-4H3,(H,14,18)(H,16,17). The second kappa shape index (κ2) is 8.78. The van der Waals surface area contributed by atoms with Crippen molar-refractivity contribution in [1.29, 1.82) is 0 Å². The van der Waals surface area contributed by atoms with E-state index in [-0.39, 0.29) is 11.9 Å². The van der Waals surface area contributed by atoms with Gasteiger partial charge in [-0.25, -0.2) is 4.79 Å². The first-order valence-electron chi connectivity index (χ1n) is 6.64. The number of urea groups is 1. The Balaban J connectivity index is 3.84. The van der Waals surface area contributed by atoms with Gasteiger partial charge in [-0.05, 0) is 25.7 Å². The van der Waals surface area contributed by atoms with Crippen molar-refractivity contribution in [2.24, 2.45) is 11.8 Å². The number of nitrogens with one attached hydrogen (secondary N) is 1. The summed E-state index contributed by atoms with van der Waals surface area (Å²) >= 11 is 0. The predicted octanol–water partition coefficient (Wildman–Crippen LogP) is 2.17. The third-order valence-electron chi connectivity index (χ3n) is 2.77. The van der Waals surface area contributed by atoms with Crippen LogP contribution >= 0.6 is 0 Å². The van der Waals surface area contributed by atoms with Crippen molar-refractivity contribution in [2.75, 3.05) is 19.6 Å². The molecular formula is C13H26N2O3. The number of carbonyl (C=O) groups is 2. The summed E-state index contributed by atoms with van der Waals surface area (Å²) in [5.41, 5.74) is 0. The third-order valence-corrected chi connectivity index (χ3v) is 2.77. The van der Waals surface area contributed by atoms with Crippen molar-refractivity contribution in [3.8, 4) is 0 Å². The molecule has 5 heteroatoms. The lowest BCUT2D eigenvalue weighted by molar-refractivity contribution is -0.141. The number of aliphatic carboxylic acids is 1. The van der Waals surface area contributed by atoms with E-state index in [0.717, 1.165) is 6.54 Å². The molecule has 106 valence electrons.